The second-order valence-electron chi connectivity index (χ2n) is 7.67. The van der Waals surface area contributed by atoms with E-state index in [1.54, 1.807) is 17.0 Å². The van der Waals surface area contributed by atoms with Crippen molar-refractivity contribution in [2.24, 2.45) is 5.92 Å². The second-order valence-corrected chi connectivity index (χ2v) is 7.67. The fraction of sp³-hybridized carbons (Fsp3) is 0.667. The van der Waals surface area contributed by atoms with Crippen LogP contribution in [0.4, 0.5) is 14.9 Å². The molecule has 2 aliphatic rings. The predicted octanol–water partition coefficient (Wildman–Crippen LogP) is 4.83. The number of methoxy groups -OCH3 is 1. The van der Waals surface area contributed by atoms with Gasteiger partial charge in [0.05, 0.1) is 7.11 Å². The third-order valence-electron chi connectivity index (χ3n) is 6.25. The molecule has 0 aromatic heterocycles. The monoisotopic (exact) mass is 362 g/mol. The largest absolute Gasteiger partial charge is 0.452 e. The van der Waals surface area contributed by atoms with Crippen LogP contribution >= 0.6 is 0 Å². The molecule has 1 aliphatic heterocycles. The molecule has 3 rings (SSSR count). The van der Waals surface area contributed by atoms with Gasteiger partial charge in [0, 0.05) is 30.9 Å². The molecule has 1 aromatic carbocycles. The molecule has 0 radical (unpaired) electrons. The zero-order valence-electron chi connectivity index (χ0n) is 16.0. The average Bonchev–Trinajstić information content (AvgIpc) is 2.70. The van der Waals surface area contributed by atoms with Crippen molar-refractivity contribution >= 4 is 11.8 Å². The van der Waals surface area contributed by atoms with E-state index in [0.717, 1.165) is 31.8 Å². The van der Waals surface area contributed by atoms with Crippen LogP contribution in [-0.4, -0.2) is 43.3 Å². The molecule has 5 heteroatoms. The maximum absolute atomic E-state index is 13.2. The Bertz CT molecular complexity index is 576. The van der Waals surface area contributed by atoms with Crippen molar-refractivity contribution in [2.45, 2.75) is 64.0 Å². The van der Waals surface area contributed by atoms with E-state index in [9.17, 15) is 9.18 Å². The molecule has 144 valence electrons. The number of ether oxygens (including phenoxy) is 1. The number of halogens is 1. The minimum atomic E-state index is -0.362. The van der Waals surface area contributed by atoms with Crippen molar-refractivity contribution in [1.82, 2.24) is 4.90 Å². The van der Waals surface area contributed by atoms with Gasteiger partial charge in [-0.25, -0.2) is 9.18 Å². The van der Waals surface area contributed by atoms with Crippen LogP contribution in [0.3, 0.4) is 0 Å². The number of piperidine rings is 1. The Morgan fingerprint density at radius 2 is 1.73 bits per heavy atom. The Morgan fingerprint density at radius 3 is 2.27 bits per heavy atom. The summed E-state index contributed by atoms with van der Waals surface area (Å²) < 4.78 is 18.2. The van der Waals surface area contributed by atoms with Gasteiger partial charge in [-0.05, 0) is 68.7 Å². The van der Waals surface area contributed by atoms with Crippen LogP contribution in [0.5, 0.6) is 0 Å². The number of amides is 1. The van der Waals surface area contributed by atoms with Gasteiger partial charge in [-0.3, -0.25) is 4.90 Å². The molecule has 26 heavy (non-hydrogen) atoms. The van der Waals surface area contributed by atoms with Gasteiger partial charge in [0.15, 0.2) is 0 Å². The molecule has 0 bridgehead atoms. The van der Waals surface area contributed by atoms with Crippen LogP contribution in [0.1, 0.15) is 51.9 Å². The summed E-state index contributed by atoms with van der Waals surface area (Å²) in [6, 6.07) is 6.92. The molecule has 0 unspecified atom stereocenters. The molecule has 4 nitrogen and oxygen atoms in total. The SMILES string of the molecule is CCC1CCC(N2CCC(N(C(=O)OC)c3ccc(F)cc3)CC2)CC1. The maximum Gasteiger partial charge on any atom is 0.414 e. The summed E-state index contributed by atoms with van der Waals surface area (Å²) in [6.45, 7) is 4.33. The van der Waals surface area contributed by atoms with Crippen molar-refractivity contribution < 1.29 is 13.9 Å². The molecule has 1 heterocycles. The molecule has 1 aromatic rings. The van der Waals surface area contributed by atoms with Crippen molar-refractivity contribution in [3.63, 3.8) is 0 Å². The Morgan fingerprint density at radius 1 is 1.12 bits per heavy atom. The number of carbonyl (C=O) groups is 1. The number of likely N-dealkylation sites (tertiary alicyclic amines) is 1. The summed E-state index contributed by atoms with van der Waals surface area (Å²) in [5, 5.41) is 0. The standard InChI is InChI=1S/C21H31FN2O2/c1-3-16-4-8-18(9-5-16)23-14-12-20(13-15-23)24(21(25)26-2)19-10-6-17(22)7-11-19/h6-7,10-11,16,18,20H,3-5,8-9,12-15H2,1-2H3. The first-order valence-electron chi connectivity index (χ1n) is 9.99. The van der Waals surface area contributed by atoms with Gasteiger partial charge in [-0.2, -0.15) is 0 Å². The van der Waals surface area contributed by atoms with Crippen molar-refractivity contribution in [2.75, 3.05) is 25.1 Å². The topological polar surface area (TPSA) is 32.8 Å². The van der Waals surface area contributed by atoms with Gasteiger partial charge in [-0.15, -0.1) is 0 Å². The van der Waals surface area contributed by atoms with Crippen LogP contribution in [0.15, 0.2) is 24.3 Å². The molecule has 0 N–H and O–H groups in total. The summed E-state index contributed by atoms with van der Waals surface area (Å²) >= 11 is 0. The Kier molecular flexibility index (Phi) is 6.52. The zero-order chi connectivity index (χ0) is 18.5. The Hall–Kier alpha value is -1.62. The van der Waals surface area contributed by atoms with E-state index in [0.29, 0.717) is 11.7 Å². The van der Waals surface area contributed by atoms with Crippen molar-refractivity contribution in [3.8, 4) is 0 Å². The highest BCUT2D eigenvalue weighted by Gasteiger charge is 2.33. The normalized spacial score (nSPS) is 25.0. The lowest BCUT2D eigenvalue weighted by atomic mass is 9.83. The summed E-state index contributed by atoms with van der Waals surface area (Å²) in [6.07, 6.45) is 8.12. The van der Waals surface area contributed by atoms with Crippen LogP contribution in [0, 0.1) is 11.7 Å². The van der Waals surface area contributed by atoms with E-state index in [4.69, 9.17) is 4.74 Å². The van der Waals surface area contributed by atoms with Crippen LogP contribution < -0.4 is 4.90 Å². The highest BCUT2D eigenvalue weighted by atomic mass is 19.1. The molecule has 1 amide bonds. The smallest absolute Gasteiger partial charge is 0.414 e. The number of nitrogens with zero attached hydrogens (tertiary/aromatic N) is 2. The number of hydrogen-bond acceptors (Lipinski definition) is 3. The third-order valence-corrected chi connectivity index (χ3v) is 6.25. The van der Waals surface area contributed by atoms with Gasteiger partial charge in [0.2, 0.25) is 0 Å². The van der Waals surface area contributed by atoms with Gasteiger partial charge in [-0.1, -0.05) is 13.3 Å². The highest BCUT2D eigenvalue weighted by Crippen LogP contribution is 2.32. The number of hydrogen-bond donors (Lipinski definition) is 0. The minimum absolute atomic E-state index is 0.108. The number of benzene rings is 1. The van der Waals surface area contributed by atoms with Crippen LogP contribution in [0.25, 0.3) is 0 Å². The minimum Gasteiger partial charge on any atom is -0.452 e. The lowest BCUT2D eigenvalue weighted by Crippen LogP contribution is -2.50. The first kappa shape index (κ1) is 19.2. The first-order chi connectivity index (χ1) is 12.6. The molecule has 1 saturated heterocycles. The first-order valence-corrected chi connectivity index (χ1v) is 9.99. The lowest BCUT2D eigenvalue weighted by Gasteiger charge is -2.43. The van der Waals surface area contributed by atoms with Gasteiger partial charge in [0.1, 0.15) is 5.82 Å². The molecule has 2 fully saturated rings. The van der Waals surface area contributed by atoms with Gasteiger partial charge in [0.25, 0.3) is 0 Å². The Labute approximate surface area is 156 Å². The van der Waals surface area contributed by atoms with E-state index in [1.165, 1.54) is 51.3 Å². The second kappa shape index (κ2) is 8.85. The molecular weight excluding hydrogens is 331 g/mol. The van der Waals surface area contributed by atoms with E-state index in [2.05, 4.69) is 11.8 Å². The summed E-state index contributed by atoms with van der Waals surface area (Å²) in [5.74, 6) is 0.619. The molecule has 1 saturated carbocycles. The number of anilines is 1. The van der Waals surface area contributed by atoms with E-state index in [-0.39, 0.29) is 18.0 Å². The van der Waals surface area contributed by atoms with Crippen LogP contribution in [-0.2, 0) is 4.74 Å². The fourth-order valence-corrected chi connectivity index (χ4v) is 4.59. The van der Waals surface area contributed by atoms with E-state index >= 15 is 0 Å². The summed E-state index contributed by atoms with van der Waals surface area (Å²) in [4.78, 5) is 16.7. The van der Waals surface area contributed by atoms with E-state index < -0.39 is 0 Å². The van der Waals surface area contributed by atoms with E-state index in [1.807, 2.05) is 0 Å². The lowest BCUT2D eigenvalue weighted by molar-refractivity contribution is 0.104. The summed E-state index contributed by atoms with van der Waals surface area (Å²) in [5.41, 5.74) is 0.708. The molecule has 0 atom stereocenters. The highest BCUT2D eigenvalue weighted by molar-refractivity contribution is 5.88. The molecular formula is C21H31FN2O2. The number of carbonyl (C=O) groups excluding carboxylic acids is 1. The van der Waals surface area contributed by atoms with Crippen LogP contribution in [0.2, 0.25) is 0 Å². The average molecular weight is 362 g/mol. The predicted molar refractivity (Wildman–Crippen MR) is 102 cm³/mol. The Balaban J connectivity index is 1.61. The van der Waals surface area contributed by atoms with Crippen molar-refractivity contribution in [1.29, 1.82) is 0 Å². The fourth-order valence-electron chi connectivity index (χ4n) is 4.59. The van der Waals surface area contributed by atoms with Gasteiger partial charge < -0.3 is 9.64 Å². The quantitative estimate of drug-likeness (QED) is 0.769. The zero-order valence-corrected chi connectivity index (χ0v) is 16.0. The third kappa shape index (κ3) is 4.37. The maximum atomic E-state index is 13.2. The molecule has 0 spiro atoms. The van der Waals surface area contributed by atoms with Crippen molar-refractivity contribution in [3.05, 3.63) is 30.1 Å². The summed E-state index contributed by atoms with van der Waals surface area (Å²) in [7, 11) is 1.40. The molecule has 1 aliphatic carbocycles. The number of rotatable bonds is 4. The van der Waals surface area contributed by atoms with Gasteiger partial charge >= 0.3 is 6.09 Å².